The second-order valence-electron chi connectivity index (χ2n) is 9.82. The van der Waals surface area contributed by atoms with Gasteiger partial charge >= 0.3 is 6.03 Å². The molecular weight excluding hydrogens is 448 g/mol. The van der Waals surface area contributed by atoms with E-state index in [1.165, 1.54) is 0 Å². The molecule has 198 valence electrons. The zero-order valence-corrected chi connectivity index (χ0v) is 22.1. The van der Waals surface area contributed by atoms with Crippen LogP contribution in [-0.4, -0.2) is 79.6 Å². The molecule has 1 aliphatic heterocycles. The summed E-state index contributed by atoms with van der Waals surface area (Å²) in [7, 11) is 1.89. The molecule has 1 aromatic rings. The van der Waals surface area contributed by atoms with E-state index in [1.807, 2.05) is 34.7 Å². The summed E-state index contributed by atoms with van der Waals surface area (Å²) in [5.74, 6) is 0.249. The number of fused-ring (bicyclic) bond motifs is 1. The van der Waals surface area contributed by atoms with Gasteiger partial charge in [0.05, 0.1) is 30.4 Å². The normalized spacial score (nSPS) is 23.1. The first kappa shape index (κ1) is 28.9. The van der Waals surface area contributed by atoms with Gasteiger partial charge in [-0.05, 0) is 72.2 Å². The molecule has 0 saturated heterocycles. The molecule has 1 aliphatic rings. The second kappa shape index (κ2) is 14.3. The minimum atomic E-state index is -0.404. The Hall–Kier alpha value is -2.36. The number of rotatable bonds is 6. The number of hydrogen-bond acceptors (Lipinski definition) is 6. The molecule has 0 aliphatic carbocycles. The fourth-order valence-electron chi connectivity index (χ4n) is 4.12. The van der Waals surface area contributed by atoms with Gasteiger partial charge in [0.1, 0.15) is 5.75 Å². The zero-order valence-electron chi connectivity index (χ0n) is 22.1. The lowest BCUT2D eigenvalue weighted by Gasteiger charge is -2.34. The third-order valence-corrected chi connectivity index (χ3v) is 6.13. The summed E-state index contributed by atoms with van der Waals surface area (Å²) in [5.41, 5.74) is 0.850. The monoisotopic (exact) mass is 492 g/mol. The van der Waals surface area contributed by atoms with E-state index in [9.17, 15) is 14.7 Å². The largest absolute Gasteiger partial charge is 0.490 e. The van der Waals surface area contributed by atoms with E-state index in [1.54, 1.807) is 23.1 Å². The average molecular weight is 493 g/mol. The van der Waals surface area contributed by atoms with Crippen molar-refractivity contribution in [2.24, 2.45) is 5.92 Å². The van der Waals surface area contributed by atoms with Gasteiger partial charge in [0.15, 0.2) is 0 Å². The third kappa shape index (κ3) is 8.98. The molecule has 9 nitrogen and oxygen atoms in total. The molecule has 4 atom stereocenters. The summed E-state index contributed by atoms with van der Waals surface area (Å²) >= 11 is 0. The number of anilines is 1. The van der Waals surface area contributed by atoms with E-state index in [2.05, 4.69) is 22.9 Å². The van der Waals surface area contributed by atoms with Gasteiger partial charge in [-0.15, -0.1) is 0 Å². The fraction of sp³-hybridized carbons (Fsp3) is 0.692. The van der Waals surface area contributed by atoms with E-state index in [0.717, 1.165) is 19.3 Å². The molecule has 3 amide bonds. The van der Waals surface area contributed by atoms with E-state index < -0.39 is 6.04 Å². The van der Waals surface area contributed by atoms with Gasteiger partial charge in [0.25, 0.3) is 5.91 Å². The Morgan fingerprint density at radius 3 is 2.63 bits per heavy atom. The molecule has 0 bridgehead atoms. The maximum Gasteiger partial charge on any atom is 0.319 e. The highest BCUT2D eigenvalue weighted by molar-refractivity contribution is 5.99. The van der Waals surface area contributed by atoms with Crippen LogP contribution in [0.5, 0.6) is 5.75 Å². The van der Waals surface area contributed by atoms with Gasteiger partial charge in [0, 0.05) is 37.3 Å². The van der Waals surface area contributed by atoms with Crippen LogP contribution in [0.15, 0.2) is 18.2 Å². The molecule has 9 heteroatoms. The summed E-state index contributed by atoms with van der Waals surface area (Å²) in [6.45, 7) is 11.2. The van der Waals surface area contributed by atoms with Crippen molar-refractivity contribution < 1.29 is 24.2 Å². The maximum atomic E-state index is 13.9. The van der Waals surface area contributed by atoms with Crippen molar-refractivity contribution in [1.82, 2.24) is 15.5 Å². The number of hydrogen-bond donors (Lipinski definition) is 4. The Kier molecular flexibility index (Phi) is 11.8. The fourth-order valence-corrected chi connectivity index (χ4v) is 4.12. The number of carbonyl (C=O) groups is 2. The predicted molar refractivity (Wildman–Crippen MR) is 138 cm³/mol. The van der Waals surface area contributed by atoms with Crippen LogP contribution in [-0.2, 0) is 4.74 Å². The van der Waals surface area contributed by atoms with Gasteiger partial charge in [0.2, 0.25) is 0 Å². The minimum absolute atomic E-state index is 0.0201. The lowest BCUT2D eigenvalue weighted by Crippen LogP contribution is -2.47. The molecule has 0 saturated carbocycles. The molecule has 0 aromatic heterocycles. The smallest absolute Gasteiger partial charge is 0.319 e. The highest BCUT2D eigenvalue weighted by Gasteiger charge is 2.29. The van der Waals surface area contributed by atoms with Crippen molar-refractivity contribution in [2.75, 3.05) is 38.7 Å². The first-order chi connectivity index (χ1) is 16.7. The number of carbonyl (C=O) groups excluding carboxylic acids is 2. The van der Waals surface area contributed by atoms with Gasteiger partial charge in [-0.3, -0.25) is 4.79 Å². The highest BCUT2D eigenvalue weighted by Crippen LogP contribution is 2.28. The Balaban J connectivity index is 2.46. The van der Waals surface area contributed by atoms with Crippen LogP contribution < -0.4 is 20.7 Å². The number of nitrogens with zero attached hydrogens (tertiary/aromatic N) is 1. The van der Waals surface area contributed by atoms with E-state index in [0.29, 0.717) is 36.7 Å². The second-order valence-corrected chi connectivity index (χ2v) is 9.82. The summed E-state index contributed by atoms with van der Waals surface area (Å²) in [6.07, 6.45) is 2.55. The molecule has 4 N–H and O–H groups in total. The van der Waals surface area contributed by atoms with Crippen molar-refractivity contribution in [3.05, 3.63) is 23.8 Å². The molecule has 35 heavy (non-hydrogen) atoms. The topological polar surface area (TPSA) is 112 Å². The number of aliphatic hydroxyl groups is 1. The van der Waals surface area contributed by atoms with Crippen LogP contribution in [0.3, 0.4) is 0 Å². The molecule has 1 aromatic carbocycles. The standard InChI is InChI=1S/C26H44N4O5/c1-17(2)28-26(33)29-21-10-11-23-22(13-21)25(32)30(19(4)16-31)15-18(3)24(14-27-6)34-12-8-7-9-20(5)35-23/h10-11,13,17-20,24,27,31H,7-9,12,14-16H2,1-6H3,(H2,28,29,33)/t18-,19-,20-,24-/m1/s1. The number of urea groups is 1. The van der Waals surface area contributed by atoms with E-state index >= 15 is 0 Å². The molecular formula is C26H44N4O5. The zero-order chi connectivity index (χ0) is 26.0. The Bertz CT molecular complexity index is 819. The highest BCUT2D eigenvalue weighted by atomic mass is 16.5. The number of nitrogens with one attached hydrogen (secondary N) is 3. The predicted octanol–water partition coefficient (Wildman–Crippen LogP) is 3.23. The van der Waals surface area contributed by atoms with E-state index in [4.69, 9.17) is 9.47 Å². The minimum Gasteiger partial charge on any atom is -0.490 e. The van der Waals surface area contributed by atoms with Gasteiger partial charge in [-0.1, -0.05) is 6.92 Å². The third-order valence-electron chi connectivity index (χ3n) is 6.13. The van der Waals surface area contributed by atoms with Crippen molar-refractivity contribution >= 4 is 17.6 Å². The number of amides is 3. The van der Waals surface area contributed by atoms with Gasteiger partial charge in [-0.2, -0.15) is 0 Å². The van der Waals surface area contributed by atoms with Crippen molar-refractivity contribution in [1.29, 1.82) is 0 Å². The molecule has 0 radical (unpaired) electrons. The van der Waals surface area contributed by atoms with Crippen LogP contribution >= 0.6 is 0 Å². The van der Waals surface area contributed by atoms with Crippen molar-refractivity contribution in [3.8, 4) is 5.75 Å². The Morgan fingerprint density at radius 2 is 1.97 bits per heavy atom. The van der Waals surface area contributed by atoms with Crippen LogP contribution in [0.2, 0.25) is 0 Å². The number of benzene rings is 1. The lowest BCUT2D eigenvalue weighted by atomic mass is 10.0. The molecule has 0 fully saturated rings. The van der Waals surface area contributed by atoms with Crippen LogP contribution in [0.25, 0.3) is 0 Å². The van der Waals surface area contributed by atoms with Gasteiger partial charge in [-0.25, -0.2) is 4.79 Å². The van der Waals surface area contributed by atoms with Crippen LogP contribution in [0.1, 0.15) is 64.2 Å². The SMILES string of the molecule is CNC[C@H]1OCCCC[C@@H](C)Oc2ccc(NC(=O)NC(C)C)cc2C(=O)N([C@H](C)CO)C[C@H]1C. The van der Waals surface area contributed by atoms with Crippen molar-refractivity contribution in [2.45, 2.75) is 78.2 Å². The maximum absolute atomic E-state index is 13.9. The number of aliphatic hydroxyl groups excluding tert-OH is 1. The first-order valence-electron chi connectivity index (χ1n) is 12.7. The quantitative estimate of drug-likeness (QED) is 0.485. The summed E-state index contributed by atoms with van der Waals surface area (Å²) in [4.78, 5) is 27.8. The Labute approximate surface area is 209 Å². The van der Waals surface area contributed by atoms with Crippen LogP contribution in [0, 0.1) is 5.92 Å². The van der Waals surface area contributed by atoms with Crippen LogP contribution in [0.4, 0.5) is 10.5 Å². The van der Waals surface area contributed by atoms with E-state index in [-0.39, 0.29) is 42.7 Å². The molecule has 2 rings (SSSR count). The van der Waals surface area contributed by atoms with Crippen molar-refractivity contribution in [3.63, 3.8) is 0 Å². The lowest BCUT2D eigenvalue weighted by molar-refractivity contribution is -0.000451. The van der Waals surface area contributed by atoms with Gasteiger partial charge < -0.3 is 35.4 Å². The molecule has 0 unspecified atom stereocenters. The summed E-state index contributed by atoms with van der Waals surface area (Å²) in [6, 6.07) is 4.36. The Morgan fingerprint density at radius 1 is 1.23 bits per heavy atom. The molecule has 0 spiro atoms. The first-order valence-corrected chi connectivity index (χ1v) is 12.7. The summed E-state index contributed by atoms with van der Waals surface area (Å²) < 4.78 is 12.4. The average Bonchev–Trinajstić information content (AvgIpc) is 2.80. The number of likely N-dealkylation sites (N-methyl/N-ethyl adjacent to an activating group) is 1. The molecule has 1 heterocycles. The summed E-state index contributed by atoms with van der Waals surface area (Å²) in [5, 5.41) is 18.7. The number of ether oxygens (including phenoxy) is 2.